The molecule has 160 valence electrons. The highest BCUT2D eigenvalue weighted by Crippen LogP contribution is 2.40. The lowest BCUT2D eigenvalue weighted by atomic mass is 10.1. The average molecular weight is 501 g/mol. The second-order valence-electron chi connectivity index (χ2n) is 7.06. The van der Waals surface area contributed by atoms with Crippen LogP contribution in [0.4, 0.5) is 5.69 Å². The van der Waals surface area contributed by atoms with Crippen LogP contribution >= 0.6 is 27.7 Å². The van der Waals surface area contributed by atoms with Crippen LogP contribution in [0, 0.1) is 0 Å². The Balaban J connectivity index is 1.69. The summed E-state index contributed by atoms with van der Waals surface area (Å²) in [5.41, 5.74) is 3.22. The summed E-state index contributed by atoms with van der Waals surface area (Å²) in [5, 5.41) is 21.9. The van der Waals surface area contributed by atoms with E-state index in [0.29, 0.717) is 16.7 Å². The highest BCUT2D eigenvalue weighted by atomic mass is 79.9. The van der Waals surface area contributed by atoms with E-state index in [9.17, 15) is 9.90 Å². The van der Waals surface area contributed by atoms with Crippen molar-refractivity contribution in [1.29, 1.82) is 0 Å². The number of nitrogens with one attached hydrogen (secondary N) is 1. The van der Waals surface area contributed by atoms with Gasteiger partial charge in [0.25, 0.3) is 0 Å². The Bertz CT molecular complexity index is 1090. The van der Waals surface area contributed by atoms with Crippen molar-refractivity contribution in [2.75, 3.05) is 11.1 Å². The van der Waals surface area contributed by atoms with Gasteiger partial charge in [-0.2, -0.15) is 4.98 Å². The average Bonchev–Trinajstić information content (AvgIpc) is 2.93. The molecule has 9 heteroatoms. The van der Waals surface area contributed by atoms with E-state index < -0.39 is 12.2 Å². The van der Waals surface area contributed by atoms with E-state index in [0.717, 1.165) is 39.9 Å². The van der Waals surface area contributed by atoms with Crippen LogP contribution in [0.15, 0.2) is 52.1 Å². The third-order valence-corrected chi connectivity index (χ3v) is 6.24. The van der Waals surface area contributed by atoms with Crippen molar-refractivity contribution >= 4 is 39.3 Å². The number of hydrogen-bond acceptors (Lipinski definition) is 7. The number of thioether (sulfide) groups is 1. The molecule has 0 fully saturated rings. The molecule has 0 saturated heterocycles. The lowest BCUT2D eigenvalue weighted by Gasteiger charge is -2.19. The minimum Gasteiger partial charge on any atom is -0.478 e. The van der Waals surface area contributed by atoms with E-state index in [4.69, 9.17) is 4.74 Å². The van der Waals surface area contributed by atoms with Crippen LogP contribution in [0.1, 0.15) is 48.3 Å². The molecule has 2 N–H and O–H groups in total. The Kier molecular flexibility index (Phi) is 6.72. The number of unbranched alkanes of at least 4 members (excludes halogenated alkanes) is 2. The van der Waals surface area contributed by atoms with Gasteiger partial charge in [-0.15, -0.1) is 10.2 Å². The first-order valence-electron chi connectivity index (χ1n) is 9.99. The molecule has 1 aliphatic heterocycles. The fourth-order valence-electron chi connectivity index (χ4n) is 3.20. The number of halogens is 1. The molecule has 2 aromatic carbocycles. The van der Waals surface area contributed by atoms with Gasteiger partial charge in [-0.1, -0.05) is 59.6 Å². The van der Waals surface area contributed by atoms with E-state index in [2.05, 4.69) is 43.4 Å². The molecule has 0 amide bonds. The molecule has 0 spiro atoms. The summed E-state index contributed by atoms with van der Waals surface area (Å²) in [6.45, 7) is 2.17. The largest absolute Gasteiger partial charge is 0.478 e. The van der Waals surface area contributed by atoms with Crippen molar-refractivity contribution in [3.63, 3.8) is 0 Å². The number of carbonyl (C=O) groups is 1. The zero-order valence-corrected chi connectivity index (χ0v) is 19.2. The van der Waals surface area contributed by atoms with Gasteiger partial charge in [-0.25, -0.2) is 4.79 Å². The van der Waals surface area contributed by atoms with Crippen molar-refractivity contribution in [3.05, 3.63) is 58.1 Å². The topological polar surface area (TPSA) is 97.2 Å². The Hall–Kier alpha value is -2.65. The van der Waals surface area contributed by atoms with Crippen molar-refractivity contribution in [2.45, 2.75) is 37.6 Å². The zero-order valence-electron chi connectivity index (χ0n) is 16.8. The second kappa shape index (κ2) is 9.65. The van der Waals surface area contributed by atoms with Crippen molar-refractivity contribution < 1.29 is 14.6 Å². The smallest absolute Gasteiger partial charge is 0.335 e. The van der Waals surface area contributed by atoms with Crippen LogP contribution in [-0.4, -0.2) is 32.0 Å². The molecule has 0 saturated carbocycles. The van der Waals surface area contributed by atoms with Gasteiger partial charge < -0.3 is 15.2 Å². The molecule has 0 bridgehead atoms. The Morgan fingerprint density at radius 2 is 2.00 bits per heavy atom. The minimum absolute atomic E-state index is 0.219. The third-order valence-electron chi connectivity index (χ3n) is 4.83. The molecule has 0 radical (unpaired) electrons. The molecule has 4 rings (SSSR count). The van der Waals surface area contributed by atoms with Gasteiger partial charge >= 0.3 is 5.97 Å². The van der Waals surface area contributed by atoms with E-state index in [-0.39, 0.29) is 5.56 Å². The second-order valence-corrected chi connectivity index (χ2v) is 9.04. The van der Waals surface area contributed by atoms with Crippen molar-refractivity contribution in [3.8, 4) is 17.1 Å². The van der Waals surface area contributed by atoms with Crippen molar-refractivity contribution in [1.82, 2.24) is 15.2 Å². The SMILES string of the molecule is CCCCCSc1nnc2c(n1)O[C@@H](c1ccc(C(=O)O)cc1)Nc1ccc(Br)cc1-2. The van der Waals surface area contributed by atoms with Gasteiger partial charge in [0.1, 0.15) is 0 Å². The normalized spacial score (nSPS) is 14.6. The summed E-state index contributed by atoms with van der Waals surface area (Å²) in [4.78, 5) is 15.8. The maximum atomic E-state index is 11.2. The molecular weight excluding hydrogens is 480 g/mol. The number of ether oxygens (including phenoxy) is 1. The molecular formula is C22H21BrN4O3S. The molecule has 2 heterocycles. The molecule has 1 atom stereocenters. The van der Waals surface area contributed by atoms with Gasteiger partial charge in [0.2, 0.25) is 11.0 Å². The van der Waals surface area contributed by atoms with Crippen molar-refractivity contribution in [2.24, 2.45) is 0 Å². The van der Waals surface area contributed by atoms with Crippen LogP contribution in [0.2, 0.25) is 0 Å². The molecule has 3 aromatic rings. The standard InChI is InChI=1S/C22H21BrN4O3S/c1-2-3-4-11-31-22-25-20-18(26-27-22)16-12-15(23)9-10-17(16)24-19(30-20)13-5-7-14(8-6-13)21(28)29/h5-10,12,19,24H,2-4,11H2,1H3,(H,28,29)/t19-/m0/s1. The van der Waals surface area contributed by atoms with Gasteiger partial charge in [0.15, 0.2) is 11.9 Å². The van der Waals surface area contributed by atoms with E-state index in [1.807, 2.05) is 18.2 Å². The molecule has 1 aromatic heterocycles. The maximum absolute atomic E-state index is 11.2. The predicted octanol–water partition coefficient (Wildman–Crippen LogP) is 5.78. The maximum Gasteiger partial charge on any atom is 0.335 e. The van der Waals surface area contributed by atoms with Gasteiger partial charge in [-0.05, 0) is 36.8 Å². The monoisotopic (exact) mass is 500 g/mol. The Labute approximate surface area is 192 Å². The Morgan fingerprint density at radius 3 is 2.74 bits per heavy atom. The number of hydrogen-bond donors (Lipinski definition) is 2. The van der Waals surface area contributed by atoms with E-state index in [1.54, 1.807) is 36.0 Å². The number of fused-ring (bicyclic) bond motifs is 3. The number of nitrogens with zero attached hydrogens (tertiary/aromatic N) is 3. The number of aromatic carboxylic acids is 1. The first-order chi connectivity index (χ1) is 15.0. The van der Waals surface area contributed by atoms with E-state index in [1.165, 1.54) is 6.42 Å². The molecule has 7 nitrogen and oxygen atoms in total. The minimum atomic E-state index is -0.969. The molecule has 0 aliphatic carbocycles. The summed E-state index contributed by atoms with van der Waals surface area (Å²) < 4.78 is 7.14. The Morgan fingerprint density at radius 1 is 1.19 bits per heavy atom. The zero-order chi connectivity index (χ0) is 21.8. The molecule has 31 heavy (non-hydrogen) atoms. The molecule has 1 aliphatic rings. The third kappa shape index (κ3) is 4.99. The quantitative estimate of drug-likeness (QED) is 0.311. The number of carboxylic acids is 1. The van der Waals surface area contributed by atoms with Gasteiger partial charge in [0, 0.05) is 27.0 Å². The number of aromatic nitrogens is 3. The number of carboxylic acid groups (broad SMARTS) is 1. The predicted molar refractivity (Wildman–Crippen MR) is 124 cm³/mol. The highest BCUT2D eigenvalue weighted by molar-refractivity contribution is 9.10. The van der Waals surface area contributed by atoms with Gasteiger partial charge in [-0.3, -0.25) is 0 Å². The number of rotatable bonds is 7. The van der Waals surface area contributed by atoms with Crippen LogP contribution in [-0.2, 0) is 0 Å². The first-order valence-corrected chi connectivity index (χ1v) is 11.8. The summed E-state index contributed by atoms with van der Waals surface area (Å²) in [6, 6.07) is 12.4. The lowest BCUT2D eigenvalue weighted by molar-refractivity contribution is 0.0696. The molecule has 0 unspecified atom stereocenters. The number of anilines is 1. The number of benzene rings is 2. The highest BCUT2D eigenvalue weighted by Gasteiger charge is 2.26. The fourth-order valence-corrected chi connectivity index (χ4v) is 4.34. The first kappa shape index (κ1) is 21.6. The summed E-state index contributed by atoms with van der Waals surface area (Å²) in [5.74, 6) is 0.350. The van der Waals surface area contributed by atoms with Crippen LogP contribution in [0.25, 0.3) is 11.3 Å². The van der Waals surface area contributed by atoms with Crippen LogP contribution in [0.3, 0.4) is 0 Å². The van der Waals surface area contributed by atoms with E-state index >= 15 is 0 Å². The van der Waals surface area contributed by atoms with Crippen LogP contribution in [0.5, 0.6) is 5.88 Å². The van der Waals surface area contributed by atoms with Gasteiger partial charge in [0.05, 0.1) is 5.56 Å². The lowest BCUT2D eigenvalue weighted by Crippen LogP contribution is -2.17. The summed E-state index contributed by atoms with van der Waals surface area (Å²) >= 11 is 5.08. The summed E-state index contributed by atoms with van der Waals surface area (Å²) in [6.07, 6.45) is 2.87. The van der Waals surface area contributed by atoms with Crippen LogP contribution < -0.4 is 10.1 Å². The fraction of sp³-hybridized carbons (Fsp3) is 0.273. The summed E-state index contributed by atoms with van der Waals surface area (Å²) in [7, 11) is 0.